The van der Waals surface area contributed by atoms with E-state index < -0.39 is 5.60 Å². The summed E-state index contributed by atoms with van der Waals surface area (Å²) in [5.41, 5.74) is -0.333. The predicted molar refractivity (Wildman–Crippen MR) is 61.5 cm³/mol. The summed E-state index contributed by atoms with van der Waals surface area (Å²) in [5, 5.41) is 10.4. The summed E-state index contributed by atoms with van der Waals surface area (Å²) in [6.07, 6.45) is 5.67. The van der Waals surface area contributed by atoms with E-state index in [-0.39, 0.29) is 11.7 Å². The lowest BCUT2D eigenvalue weighted by molar-refractivity contribution is -0.132. The van der Waals surface area contributed by atoms with E-state index in [0.717, 1.165) is 19.3 Å². The van der Waals surface area contributed by atoms with Crippen LogP contribution in [0.1, 0.15) is 39.0 Å². The minimum absolute atomic E-state index is 0.0130. The van der Waals surface area contributed by atoms with E-state index in [1.54, 1.807) is 13.0 Å². The van der Waals surface area contributed by atoms with Gasteiger partial charge in [-0.3, -0.25) is 4.79 Å². The zero-order valence-corrected chi connectivity index (χ0v) is 9.46. The van der Waals surface area contributed by atoms with Crippen molar-refractivity contribution in [2.24, 2.45) is 5.92 Å². The fourth-order valence-electron chi connectivity index (χ4n) is 2.39. The van der Waals surface area contributed by atoms with Crippen LogP contribution in [0.2, 0.25) is 0 Å². The van der Waals surface area contributed by atoms with Crippen LogP contribution in [0.5, 0.6) is 0 Å². The highest BCUT2D eigenvalue weighted by Crippen LogP contribution is 2.38. The molecule has 0 aliphatic heterocycles. The third-order valence-electron chi connectivity index (χ3n) is 3.24. The number of carbonyl (C=O) groups is 1. The second kappa shape index (κ2) is 4.75. The van der Waals surface area contributed by atoms with Gasteiger partial charge in [-0.15, -0.1) is 6.58 Å². The second-order valence-electron chi connectivity index (χ2n) is 4.54. The van der Waals surface area contributed by atoms with Crippen LogP contribution in [0.15, 0.2) is 24.8 Å². The van der Waals surface area contributed by atoms with Crippen molar-refractivity contribution in [3.63, 3.8) is 0 Å². The lowest BCUT2D eigenvalue weighted by atomic mass is 9.70. The molecule has 2 heteroatoms. The van der Waals surface area contributed by atoms with Crippen LogP contribution in [-0.2, 0) is 4.79 Å². The molecule has 0 aromatic rings. The molecule has 0 spiro atoms. The Labute approximate surface area is 91.7 Å². The summed E-state index contributed by atoms with van der Waals surface area (Å²) in [6, 6.07) is 0. The Morgan fingerprint density at radius 2 is 2.27 bits per heavy atom. The lowest BCUT2D eigenvalue weighted by Gasteiger charge is -2.38. The van der Waals surface area contributed by atoms with E-state index in [1.807, 2.05) is 0 Å². The first kappa shape index (κ1) is 12.2. The van der Waals surface area contributed by atoms with Crippen molar-refractivity contribution < 1.29 is 9.90 Å². The van der Waals surface area contributed by atoms with Crippen LogP contribution >= 0.6 is 0 Å². The van der Waals surface area contributed by atoms with Gasteiger partial charge in [0.05, 0.1) is 11.5 Å². The molecule has 1 N–H and O–H groups in total. The Kier molecular flexibility index (Phi) is 3.86. The van der Waals surface area contributed by atoms with Crippen molar-refractivity contribution >= 4 is 5.78 Å². The van der Waals surface area contributed by atoms with Gasteiger partial charge >= 0.3 is 0 Å². The van der Waals surface area contributed by atoms with Gasteiger partial charge in [0.2, 0.25) is 0 Å². The summed E-state index contributed by atoms with van der Waals surface area (Å²) < 4.78 is 0. The summed E-state index contributed by atoms with van der Waals surface area (Å²) in [5.74, 6) is -0.263. The van der Waals surface area contributed by atoms with E-state index in [2.05, 4.69) is 13.2 Å². The molecular weight excluding hydrogens is 188 g/mol. The molecule has 1 saturated carbocycles. The highest BCUT2D eigenvalue weighted by atomic mass is 16.3. The Hall–Kier alpha value is -0.890. The predicted octanol–water partition coefficient (Wildman–Crippen LogP) is 2.63. The van der Waals surface area contributed by atoms with Crippen LogP contribution in [0.3, 0.4) is 0 Å². The van der Waals surface area contributed by atoms with E-state index in [1.165, 1.54) is 0 Å². The molecular formula is C13H20O2. The molecule has 1 fully saturated rings. The molecule has 15 heavy (non-hydrogen) atoms. The maximum Gasteiger partial charge on any atom is 0.163 e. The van der Waals surface area contributed by atoms with Crippen LogP contribution in [0.4, 0.5) is 0 Å². The van der Waals surface area contributed by atoms with Gasteiger partial charge in [-0.25, -0.2) is 0 Å². The molecule has 0 heterocycles. The standard InChI is InChI=1S/C13H20O2/c1-4-8-13(15)9-6-5-7-11(13)12(14)10(2)3/h4,11,15H,1-2,5-9H2,3H3. The van der Waals surface area contributed by atoms with Gasteiger partial charge in [0, 0.05) is 0 Å². The monoisotopic (exact) mass is 208 g/mol. The number of ketones is 1. The quantitative estimate of drug-likeness (QED) is 0.569. The first-order valence-electron chi connectivity index (χ1n) is 5.54. The maximum absolute atomic E-state index is 11.9. The molecule has 0 saturated heterocycles. The van der Waals surface area contributed by atoms with Gasteiger partial charge in [-0.1, -0.05) is 25.5 Å². The minimum atomic E-state index is -0.879. The Balaban J connectivity index is 2.86. The zero-order valence-electron chi connectivity index (χ0n) is 9.46. The number of Topliss-reactive ketones (excluding diaryl/α,β-unsaturated/α-hetero) is 1. The van der Waals surface area contributed by atoms with Gasteiger partial charge in [0.15, 0.2) is 5.78 Å². The van der Waals surface area contributed by atoms with E-state index in [0.29, 0.717) is 18.4 Å². The molecule has 0 radical (unpaired) electrons. The van der Waals surface area contributed by atoms with E-state index >= 15 is 0 Å². The van der Waals surface area contributed by atoms with Crippen molar-refractivity contribution in [3.8, 4) is 0 Å². The summed E-state index contributed by atoms with van der Waals surface area (Å²) in [7, 11) is 0. The van der Waals surface area contributed by atoms with Crippen LogP contribution in [0, 0.1) is 5.92 Å². The SMILES string of the molecule is C=CCC1(O)CCCCC1C(=O)C(=C)C. The number of hydrogen-bond acceptors (Lipinski definition) is 2. The highest BCUT2D eigenvalue weighted by molar-refractivity contribution is 5.96. The molecule has 0 amide bonds. The van der Waals surface area contributed by atoms with Gasteiger partial charge in [-0.05, 0) is 31.8 Å². The Morgan fingerprint density at radius 1 is 1.60 bits per heavy atom. The molecule has 2 unspecified atom stereocenters. The van der Waals surface area contributed by atoms with Crippen molar-refractivity contribution in [3.05, 3.63) is 24.8 Å². The fraction of sp³-hybridized carbons (Fsp3) is 0.615. The summed E-state index contributed by atoms with van der Waals surface area (Å²) >= 11 is 0. The summed E-state index contributed by atoms with van der Waals surface area (Å²) in [6.45, 7) is 9.03. The van der Waals surface area contributed by atoms with E-state index in [9.17, 15) is 9.90 Å². The van der Waals surface area contributed by atoms with E-state index in [4.69, 9.17) is 0 Å². The first-order chi connectivity index (χ1) is 7.01. The smallest absolute Gasteiger partial charge is 0.163 e. The minimum Gasteiger partial charge on any atom is -0.389 e. The third-order valence-corrected chi connectivity index (χ3v) is 3.24. The molecule has 1 rings (SSSR count). The van der Waals surface area contributed by atoms with Crippen molar-refractivity contribution in [1.82, 2.24) is 0 Å². The number of hydrogen-bond donors (Lipinski definition) is 1. The molecule has 84 valence electrons. The number of carbonyl (C=O) groups excluding carboxylic acids is 1. The highest BCUT2D eigenvalue weighted by Gasteiger charge is 2.41. The van der Waals surface area contributed by atoms with Gasteiger partial charge in [0.25, 0.3) is 0 Å². The van der Waals surface area contributed by atoms with Crippen LogP contribution in [0.25, 0.3) is 0 Å². The third kappa shape index (κ3) is 2.57. The van der Waals surface area contributed by atoms with Crippen molar-refractivity contribution in [2.75, 3.05) is 0 Å². The number of rotatable bonds is 4. The van der Waals surface area contributed by atoms with Gasteiger partial charge < -0.3 is 5.11 Å². The summed E-state index contributed by atoms with van der Waals surface area (Å²) in [4.78, 5) is 11.9. The largest absolute Gasteiger partial charge is 0.389 e. The zero-order chi connectivity index (χ0) is 11.5. The number of aliphatic hydroxyl groups is 1. The first-order valence-corrected chi connectivity index (χ1v) is 5.54. The normalized spacial score (nSPS) is 30.9. The molecule has 0 bridgehead atoms. The Morgan fingerprint density at radius 3 is 2.80 bits per heavy atom. The van der Waals surface area contributed by atoms with Gasteiger partial charge in [-0.2, -0.15) is 0 Å². The molecule has 1 aliphatic rings. The molecule has 2 atom stereocenters. The number of allylic oxidation sites excluding steroid dienone is 1. The average molecular weight is 208 g/mol. The van der Waals surface area contributed by atoms with Crippen molar-refractivity contribution in [2.45, 2.75) is 44.6 Å². The second-order valence-corrected chi connectivity index (χ2v) is 4.54. The van der Waals surface area contributed by atoms with Crippen LogP contribution < -0.4 is 0 Å². The molecule has 1 aliphatic carbocycles. The molecule has 0 aromatic carbocycles. The topological polar surface area (TPSA) is 37.3 Å². The Bertz CT molecular complexity index is 280. The average Bonchev–Trinajstić information content (AvgIpc) is 2.17. The molecule has 2 nitrogen and oxygen atoms in total. The maximum atomic E-state index is 11.9. The van der Waals surface area contributed by atoms with Crippen LogP contribution in [-0.4, -0.2) is 16.5 Å². The van der Waals surface area contributed by atoms with Gasteiger partial charge in [0.1, 0.15) is 0 Å². The lowest BCUT2D eigenvalue weighted by Crippen LogP contribution is -2.44. The van der Waals surface area contributed by atoms with Crippen molar-refractivity contribution in [1.29, 1.82) is 0 Å². The molecule has 0 aromatic heterocycles. The fourth-order valence-corrected chi connectivity index (χ4v) is 2.39.